The fourth-order valence-corrected chi connectivity index (χ4v) is 2.46. The minimum absolute atomic E-state index is 0.0884. The lowest BCUT2D eigenvalue weighted by atomic mass is 10.3. The fourth-order valence-electron chi connectivity index (χ4n) is 1.02. The number of rotatable bonds is 7. The van der Waals surface area contributed by atoms with Crippen molar-refractivity contribution < 1.29 is 18.5 Å². The lowest BCUT2D eigenvalue weighted by molar-refractivity contribution is 0.202. The van der Waals surface area contributed by atoms with Crippen LogP contribution in [0.15, 0.2) is 30.3 Å². The van der Waals surface area contributed by atoms with Crippen LogP contribution in [-0.2, 0) is 9.09 Å². The molecule has 4 nitrogen and oxygen atoms in total. The van der Waals surface area contributed by atoms with E-state index in [1.165, 1.54) is 0 Å². The van der Waals surface area contributed by atoms with Gasteiger partial charge >= 0.3 is 7.82 Å². The first-order valence-electron chi connectivity index (χ1n) is 4.95. The van der Waals surface area contributed by atoms with E-state index < -0.39 is 13.2 Å². The predicted molar refractivity (Wildman–Crippen MR) is 67.8 cm³/mol. The van der Waals surface area contributed by atoms with Gasteiger partial charge < -0.3 is 4.52 Å². The highest BCUT2D eigenvalue weighted by Crippen LogP contribution is 2.44. The lowest BCUT2D eigenvalue weighted by Crippen LogP contribution is -2.10. The summed E-state index contributed by atoms with van der Waals surface area (Å²) in [6.07, 6.45) is 0.494. The summed E-state index contributed by atoms with van der Waals surface area (Å²) < 4.78 is 21.1. The van der Waals surface area contributed by atoms with Gasteiger partial charge in [0.1, 0.15) is 5.75 Å². The Kier molecular flexibility index (Phi) is 6.31. The zero-order valence-corrected chi connectivity index (χ0v) is 11.4. The highest BCUT2D eigenvalue weighted by Gasteiger charge is 2.24. The summed E-state index contributed by atoms with van der Waals surface area (Å²) in [6.45, 7) is -0.0884. The molecule has 0 aliphatic heterocycles. The Balaban J connectivity index is 2.44. The maximum atomic E-state index is 11.5. The third kappa shape index (κ3) is 6.29. The Labute approximate surface area is 110 Å². The average Bonchev–Trinajstić information content (AvgIpc) is 2.28. The first-order chi connectivity index (χ1) is 8.03. The van der Waals surface area contributed by atoms with Crippen LogP contribution in [0.4, 0.5) is 0 Å². The molecule has 0 radical (unpaired) electrons. The van der Waals surface area contributed by atoms with Crippen LogP contribution in [0.25, 0.3) is 0 Å². The quantitative estimate of drug-likeness (QED) is 0.619. The summed E-state index contributed by atoms with van der Waals surface area (Å²) >= 11 is 11.3. The maximum Gasteiger partial charge on any atom is 0.527 e. The van der Waals surface area contributed by atoms with E-state index in [1.807, 2.05) is 0 Å². The normalized spacial score (nSPS) is 16.2. The van der Waals surface area contributed by atoms with E-state index in [-0.39, 0.29) is 12.4 Å². The molecule has 0 saturated heterocycles. The second-order valence-corrected chi connectivity index (χ2v) is 5.62. The van der Waals surface area contributed by atoms with Crippen molar-refractivity contribution in [3.8, 4) is 5.75 Å². The lowest BCUT2D eigenvalue weighted by Gasteiger charge is -2.14. The van der Waals surface area contributed by atoms with Gasteiger partial charge in [0.05, 0.1) is 12.0 Å². The molecule has 17 heavy (non-hydrogen) atoms. The van der Waals surface area contributed by atoms with Crippen LogP contribution in [-0.4, -0.2) is 22.8 Å². The van der Waals surface area contributed by atoms with E-state index >= 15 is 0 Å². The number of hydrogen-bond acceptors (Lipinski definition) is 3. The minimum atomic E-state index is -4.12. The monoisotopic (exact) mass is 298 g/mol. The highest BCUT2D eigenvalue weighted by molar-refractivity contribution is 7.47. The van der Waals surface area contributed by atoms with Crippen molar-refractivity contribution in [2.24, 2.45) is 0 Å². The minimum Gasteiger partial charge on any atom is -0.404 e. The molecule has 2 unspecified atom stereocenters. The molecule has 0 amide bonds. The van der Waals surface area contributed by atoms with Crippen LogP contribution in [0.2, 0.25) is 0 Å². The third-order valence-electron chi connectivity index (χ3n) is 1.80. The van der Waals surface area contributed by atoms with Gasteiger partial charge in [0.25, 0.3) is 0 Å². The van der Waals surface area contributed by atoms with Crippen LogP contribution in [0.3, 0.4) is 0 Å². The molecule has 0 saturated carbocycles. The number of hydrogen-bond donors (Lipinski definition) is 1. The fraction of sp³-hybridized carbons (Fsp3) is 0.400. The van der Waals surface area contributed by atoms with Crippen molar-refractivity contribution in [1.82, 2.24) is 0 Å². The molecular formula is C10H13Cl2O4P. The second-order valence-electron chi connectivity index (χ2n) is 3.24. The van der Waals surface area contributed by atoms with E-state index in [4.69, 9.17) is 32.2 Å². The van der Waals surface area contributed by atoms with Crippen molar-refractivity contribution in [1.29, 1.82) is 0 Å². The Hall–Kier alpha value is -0.250. The van der Waals surface area contributed by atoms with Crippen LogP contribution < -0.4 is 4.52 Å². The molecule has 0 bridgehead atoms. The summed E-state index contributed by atoms with van der Waals surface area (Å²) in [6, 6.07) is 8.26. The number of benzene rings is 1. The van der Waals surface area contributed by atoms with Crippen LogP contribution in [0.5, 0.6) is 5.75 Å². The van der Waals surface area contributed by atoms with Gasteiger partial charge in [-0.15, -0.1) is 23.2 Å². The SMILES string of the molecule is O=P(O)(OCC(Cl)CCCl)Oc1ccccc1. The summed E-state index contributed by atoms with van der Waals surface area (Å²) in [4.78, 5) is 9.40. The van der Waals surface area contributed by atoms with E-state index in [0.29, 0.717) is 12.3 Å². The third-order valence-corrected chi connectivity index (χ3v) is 3.28. The zero-order chi connectivity index (χ0) is 12.7. The average molecular weight is 299 g/mol. The Morgan fingerprint density at radius 3 is 2.59 bits per heavy atom. The van der Waals surface area contributed by atoms with Crippen molar-refractivity contribution in [3.63, 3.8) is 0 Å². The summed E-state index contributed by atoms with van der Waals surface area (Å²) in [5.41, 5.74) is 0. The van der Waals surface area contributed by atoms with E-state index in [0.717, 1.165) is 0 Å². The van der Waals surface area contributed by atoms with Gasteiger partial charge in [-0.05, 0) is 18.6 Å². The maximum absolute atomic E-state index is 11.5. The van der Waals surface area contributed by atoms with Gasteiger partial charge in [-0.2, -0.15) is 0 Å². The molecule has 2 atom stereocenters. The molecule has 1 N–H and O–H groups in total. The van der Waals surface area contributed by atoms with Crippen molar-refractivity contribution in [3.05, 3.63) is 30.3 Å². The molecule has 1 aromatic carbocycles. The summed E-state index contributed by atoms with van der Waals surface area (Å²) in [5.74, 6) is 0.633. The molecule has 96 valence electrons. The van der Waals surface area contributed by atoms with Crippen molar-refractivity contribution >= 4 is 31.0 Å². The number of halogens is 2. The number of phosphoric ester groups is 1. The van der Waals surface area contributed by atoms with Crippen LogP contribution >= 0.6 is 31.0 Å². The molecular weight excluding hydrogens is 286 g/mol. The van der Waals surface area contributed by atoms with Crippen LogP contribution in [0.1, 0.15) is 6.42 Å². The van der Waals surface area contributed by atoms with Crippen molar-refractivity contribution in [2.45, 2.75) is 11.8 Å². The van der Waals surface area contributed by atoms with Gasteiger partial charge in [-0.3, -0.25) is 9.42 Å². The topological polar surface area (TPSA) is 55.8 Å². The van der Waals surface area contributed by atoms with Crippen molar-refractivity contribution in [2.75, 3.05) is 12.5 Å². The van der Waals surface area contributed by atoms with Gasteiger partial charge in [-0.1, -0.05) is 18.2 Å². The molecule has 1 rings (SSSR count). The first kappa shape index (κ1) is 14.8. The second kappa shape index (κ2) is 7.24. The Morgan fingerprint density at radius 1 is 1.35 bits per heavy atom. The molecule has 0 aliphatic carbocycles. The molecule has 1 aromatic rings. The van der Waals surface area contributed by atoms with Gasteiger partial charge in [0.2, 0.25) is 0 Å². The molecule has 0 spiro atoms. The Morgan fingerprint density at radius 2 is 2.00 bits per heavy atom. The number of alkyl halides is 2. The standard InChI is InChI=1S/C10H13Cl2O4P/c11-7-6-9(12)8-15-17(13,14)16-10-4-2-1-3-5-10/h1-5,9H,6-8H2,(H,13,14). The summed E-state index contributed by atoms with van der Waals surface area (Å²) in [5, 5.41) is -0.410. The van der Waals surface area contributed by atoms with Gasteiger partial charge in [-0.25, -0.2) is 4.57 Å². The van der Waals surface area contributed by atoms with Crippen LogP contribution in [0, 0.1) is 0 Å². The van der Waals surface area contributed by atoms with Gasteiger partial charge in [0.15, 0.2) is 0 Å². The van der Waals surface area contributed by atoms with E-state index in [9.17, 15) is 9.46 Å². The molecule has 7 heteroatoms. The smallest absolute Gasteiger partial charge is 0.404 e. The van der Waals surface area contributed by atoms with E-state index in [1.54, 1.807) is 30.3 Å². The number of phosphoric acid groups is 1. The van der Waals surface area contributed by atoms with Gasteiger partial charge in [0, 0.05) is 5.88 Å². The first-order valence-corrected chi connectivity index (χ1v) is 7.42. The van der Waals surface area contributed by atoms with E-state index in [2.05, 4.69) is 0 Å². The highest BCUT2D eigenvalue weighted by atomic mass is 35.5. The molecule has 0 fully saturated rings. The zero-order valence-electron chi connectivity index (χ0n) is 8.96. The molecule has 0 heterocycles. The number of para-hydroxylation sites is 1. The predicted octanol–water partition coefficient (Wildman–Crippen LogP) is 3.42. The molecule has 0 aliphatic rings. The summed E-state index contributed by atoms with van der Waals surface area (Å²) in [7, 11) is -4.12. The molecule has 0 aromatic heterocycles. The largest absolute Gasteiger partial charge is 0.527 e. The Bertz CT molecular complexity index is 374.